The predicted octanol–water partition coefficient (Wildman–Crippen LogP) is 4.58. The van der Waals surface area contributed by atoms with Crippen molar-refractivity contribution in [2.75, 3.05) is 30.5 Å². The summed E-state index contributed by atoms with van der Waals surface area (Å²) in [4.78, 5) is 31.3. The summed E-state index contributed by atoms with van der Waals surface area (Å²) in [5.74, 6) is 1.13. The topological polar surface area (TPSA) is 100 Å². The zero-order valence-corrected chi connectivity index (χ0v) is 18.4. The Morgan fingerprint density at radius 1 is 1.21 bits per heavy atom. The number of aromatic nitrogens is 2. The van der Waals surface area contributed by atoms with Crippen molar-refractivity contribution in [2.45, 2.75) is 12.5 Å². The van der Waals surface area contributed by atoms with Crippen molar-refractivity contribution in [1.29, 1.82) is 0 Å². The fourth-order valence-electron chi connectivity index (χ4n) is 3.36. The van der Waals surface area contributed by atoms with E-state index in [4.69, 9.17) is 9.53 Å². The van der Waals surface area contributed by atoms with Gasteiger partial charge in [-0.05, 0) is 62.5 Å². The molecule has 1 unspecified atom stereocenters. The second kappa shape index (κ2) is 12.1. The number of hydrogen-bond donors (Lipinski definition) is 1. The van der Waals surface area contributed by atoms with Crippen molar-refractivity contribution in [3.63, 3.8) is 0 Å². The molecule has 1 aliphatic heterocycles. The minimum Gasteiger partial charge on any atom is -0.439 e. The maximum absolute atomic E-state index is 11.7. The smallest absolute Gasteiger partial charge is 0.219 e. The predicted molar refractivity (Wildman–Crippen MR) is 129 cm³/mol. The summed E-state index contributed by atoms with van der Waals surface area (Å²) in [7, 11) is 2.10. The van der Waals surface area contributed by atoms with E-state index in [0.717, 1.165) is 25.2 Å². The van der Waals surface area contributed by atoms with Gasteiger partial charge in [0.25, 0.3) is 0 Å². The second-order valence-electron chi connectivity index (χ2n) is 7.31. The number of carbonyl (C=O) groups is 1. The van der Waals surface area contributed by atoms with Crippen molar-refractivity contribution in [1.82, 2.24) is 14.9 Å². The van der Waals surface area contributed by atoms with Crippen molar-refractivity contribution >= 4 is 23.3 Å². The highest BCUT2D eigenvalue weighted by molar-refractivity contribution is 5.75. The van der Waals surface area contributed by atoms with Gasteiger partial charge in [-0.25, -0.2) is 4.98 Å². The molecule has 3 heterocycles. The van der Waals surface area contributed by atoms with Crippen molar-refractivity contribution in [3.8, 4) is 11.6 Å². The van der Waals surface area contributed by atoms with Gasteiger partial charge in [0.1, 0.15) is 17.7 Å². The first-order valence-electron chi connectivity index (χ1n) is 10.4. The number of aldehydes is 1. The molecule has 170 valence electrons. The molecule has 1 aliphatic rings. The standard InChI is InChI=1S/C21H22N6O2.C3H4O/c1-26-13-10-16(15-26)24-19-9-12-22-14-20(19)27(25-28)17-5-7-18(8-6-17)29-21-4-2-3-11-23-21;1-2-3-4/h2-9,11-12,14,16H,10,13,15H2,1H3,(H,22,24);2-3H,1H2. The third-order valence-electron chi connectivity index (χ3n) is 4.90. The van der Waals surface area contributed by atoms with E-state index in [9.17, 15) is 4.91 Å². The number of allylic oxidation sites excluding steroid dienone is 1. The van der Waals surface area contributed by atoms with E-state index in [2.05, 4.69) is 39.1 Å². The molecule has 1 N–H and O–H groups in total. The number of nitrogens with one attached hydrogen (secondary N) is 1. The Hall–Kier alpha value is -4.11. The van der Waals surface area contributed by atoms with E-state index >= 15 is 0 Å². The largest absolute Gasteiger partial charge is 0.439 e. The fourth-order valence-corrected chi connectivity index (χ4v) is 3.36. The quantitative estimate of drug-likeness (QED) is 0.232. The molecule has 9 nitrogen and oxygen atoms in total. The van der Waals surface area contributed by atoms with Crippen LogP contribution in [0.3, 0.4) is 0 Å². The van der Waals surface area contributed by atoms with Crippen LogP contribution in [0, 0.1) is 4.91 Å². The van der Waals surface area contributed by atoms with Crippen LogP contribution >= 0.6 is 0 Å². The molecule has 0 saturated carbocycles. The Labute approximate surface area is 192 Å². The van der Waals surface area contributed by atoms with Gasteiger partial charge in [0.15, 0.2) is 0 Å². The molecule has 9 heteroatoms. The number of ether oxygens (including phenoxy) is 1. The number of hydrogen-bond acceptors (Lipinski definition) is 8. The van der Waals surface area contributed by atoms with Gasteiger partial charge in [0.05, 0.1) is 22.9 Å². The average Bonchev–Trinajstić information content (AvgIpc) is 3.27. The lowest BCUT2D eigenvalue weighted by atomic mass is 10.2. The van der Waals surface area contributed by atoms with E-state index in [-0.39, 0.29) is 0 Å². The number of pyridine rings is 2. The molecule has 1 fully saturated rings. The van der Waals surface area contributed by atoms with Crippen LogP contribution < -0.4 is 15.1 Å². The third kappa shape index (κ3) is 6.68. The van der Waals surface area contributed by atoms with Gasteiger partial charge in [-0.1, -0.05) is 12.6 Å². The summed E-state index contributed by atoms with van der Waals surface area (Å²) < 4.78 is 5.71. The van der Waals surface area contributed by atoms with Crippen LogP contribution in [0.5, 0.6) is 11.6 Å². The van der Waals surface area contributed by atoms with Gasteiger partial charge in [0.2, 0.25) is 5.88 Å². The second-order valence-corrected chi connectivity index (χ2v) is 7.31. The van der Waals surface area contributed by atoms with Crippen molar-refractivity contribution < 1.29 is 9.53 Å². The molecule has 33 heavy (non-hydrogen) atoms. The molecule has 3 aromatic rings. The monoisotopic (exact) mass is 446 g/mol. The lowest BCUT2D eigenvalue weighted by Crippen LogP contribution is -2.24. The summed E-state index contributed by atoms with van der Waals surface area (Å²) >= 11 is 0. The molecule has 2 aromatic heterocycles. The summed E-state index contributed by atoms with van der Waals surface area (Å²) in [6, 6.07) is 14.8. The molecule has 0 radical (unpaired) electrons. The number of nitroso groups, excluding NO2 is 1. The lowest BCUT2D eigenvalue weighted by Gasteiger charge is -2.21. The van der Waals surface area contributed by atoms with E-state index < -0.39 is 0 Å². The highest BCUT2D eigenvalue weighted by Gasteiger charge is 2.22. The minimum absolute atomic E-state index is 0.323. The Kier molecular flexibility index (Phi) is 8.61. The summed E-state index contributed by atoms with van der Waals surface area (Å²) in [5.41, 5.74) is 2.05. The third-order valence-corrected chi connectivity index (χ3v) is 4.90. The van der Waals surface area contributed by atoms with E-state index in [0.29, 0.717) is 35.3 Å². The van der Waals surface area contributed by atoms with Gasteiger partial charge < -0.3 is 15.0 Å². The van der Waals surface area contributed by atoms with Crippen LogP contribution in [0.1, 0.15) is 6.42 Å². The van der Waals surface area contributed by atoms with Crippen LogP contribution in [0.2, 0.25) is 0 Å². The maximum Gasteiger partial charge on any atom is 0.219 e. The van der Waals surface area contributed by atoms with Gasteiger partial charge >= 0.3 is 0 Å². The summed E-state index contributed by atoms with van der Waals surface area (Å²) in [5, 5.41) is 8.08. The molecule has 1 saturated heterocycles. The Balaban J connectivity index is 0.000000709. The SMILES string of the molecule is C=CC=O.CN1CCC(Nc2ccncc2N(N=O)c2ccc(Oc3ccccn3)cc2)C1. The number of likely N-dealkylation sites (tertiary alicyclic amines) is 1. The number of carbonyl (C=O) groups excluding carboxylic acids is 1. The van der Waals surface area contributed by atoms with Crippen LogP contribution in [-0.4, -0.2) is 47.3 Å². The maximum atomic E-state index is 11.7. The first-order chi connectivity index (χ1) is 16.1. The molecule has 4 rings (SSSR count). The van der Waals surface area contributed by atoms with Gasteiger partial charge in [-0.3, -0.25) is 9.78 Å². The van der Waals surface area contributed by atoms with Crippen molar-refractivity contribution in [2.24, 2.45) is 5.29 Å². The minimum atomic E-state index is 0.323. The summed E-state index contributed by atoms with van der Waals surface area (Å²) in [6.07, 6.45) is 7.89. The normalized spacial score (nSPS) is 15.0. The first kappa shape index (κ1) is 23.6. The highest BCUT2D eigenvalue weighted by Crippen LogP contribution is 2.34. The molecule has 0 bridgehead atoms. The zero-order valence-electron chi connectivity index (χ0n) is 18.4. The Bertz CT molecular complexity index is 1040. The molecule has 1 atom stereocenters. The van der Waals surface area contributed by atoms with E-state index in [1.807, 2.05) is 18.2 Å². The fraction of sp³-hybridized carbons (Fsp3) is 0.208. The first-order valence-corrected chi connectivity index (χ1v) is 10.4. The van der Waals surface area contributed by atoms with Crippen LogP contribution in [0.25, 0.3) is 0 Å². The van der Waals surface area contributed by atoms with Gasteiger partial charge in [0, 0.05) is 31.0 Å². The van der Waals surface area contributed by atoms with Crippen LogP contribution in [0.4, 0.5) is 17.1 Å². The Morgan fingerprint density at radius 3 is 2.61 bits per heavy atom. The molecular weight excluding hydrogens is 420 g/mol. The molecule has 1 aromatic carbocycles. The van der Waals surface area contributed by atoms with E-state index in [1.54, 1.807) is 48.9 Å². The number of rotatable bonds is 8. The van der Waals surface area contributed by atoms with Gasteiger partial charge in [-0.2, -0.15) is 5.01 Å². The lowest BCUT2D eigenvalue weighted by molar-refractivity contribution is -0.104. The number of nitrogens with zero attached hydrogens (tertiary/aromatic N) is 5. The molecule has 0 amide bonds. The van der Waals surface area contributed by atoms with E-state index in [1.165, 1.54) is 11.1 Å². The molecule has 0 spiro atoms. The Morgan fingerprint density at radius 2 is 2.00 bits per heavy atom. The number of likely N-dealkylation sites (N-methyl/N-ethyl adjacent to an activating group) is 1. The zero-order chi connectivity index (χ0) is 23.5. The van der Waals surface area contributed by atoms with Crippen LogP contribution in [0.15, 0.2) is 85.1 Å². The number of benzene rings is 1. The van der Waals surface area contributed by atoms with Crippen molar-refractivity contribution in [3.05, 3.63) is 84.7 Å². The summed E-state index contributed by atoms with van der Waals surface area (Å²) in [6.45, 7) is 5.11. The number of anilines is 3. The molecular formula is C24H26N6O3. The van der Waals surface area contributed by atoms with Crippen LogP contribution in [-0.2, 0) is 4.79 Å². The van der Waals surface area contributed by atoms with Gasteiger partial charge in [-0.15, -0.1) is 4.91 Å². The average molecular weight is 447 g/mol. The molecule has 0 aliphatic carbocycles. The highest BCUT2D eigenvalue weighted by atomic mass is 16.5.